The van der Waals surface area contributed by atoms with Crippen LogP contribution in [0.5, 0.6) is 0 Å². The Morgan fingerprint density at radius 1 is 1.47 bits per heavy atom. The van der Waals surface area contributed by atoms with Crippen molar-refractivity contribution in [3.05, 3.63) is 28.0 Å². The molecule has 4 heteroatoms. The molecule has 0 amide bonds. The van der Waals surface area contributed by atoms with Crippen LogP contribution in [0.25, 0.3) is 11.0 Å². The second-order valence-corrected chi connectivity index (χ2v) is 5.96. The van der Waals surface area contributed by atoms with Crippen LogP contribution in [0.1, 0.15) is 30.7 Å². The number of fused-ring (bicyclic) bond motifs is 1. The van der Waals surface area contributed by atoms with E-state index in [1.54, 1.807) is 0 Å². The molecule has 3 nitrogen and oxygen atoms in total. The summed E-state index contributed by atoms with van der Waals surface area (Å²) < 4.78 is 1.09. The number of aryl methyl sites for hydroxylation is 1. The summed E-state index contributed by atoms with van der Waals surface area (Å²) in [6, 6.07) is 4.19. The Kier molecular flexibility index (Phi) is 2.52. The highest BCUT2D eigenvalue weighted by Crippen LogP contribution is 2.42. The Morgan fingerprint density at radius 3 is 2.82 bits per heavy atom. The summed E-state index contributed by atoms with van der Waals surface area (Å²) in [7, 11) is 0. The Balaban J connectivity index is 2.16. The molecule has 0 bridgehead atoms. The molecule has 0 aliphatic heterocycles. The minimum absolute atomic E-state index is 0.109. The molecular formula is C13H16BrN3. The van der Waals surface area contributed by atoms with Gasteiger partial charge in [-0.1, -0.05) is 22.4 Å². The second-order valence-electron chi connectivity index (χ2n) is 5.04. The van der Waals surface area contributed by atoms with Crippen molar-refractivity contribution in [1.29, 1.82) is 0 Å². The van der Waals surface area contributed by atoms with E-state index >= 15 is 0 Å². The van der Waals surface area contributed by atoms with Gasteiger partial charge in [0.05, 0.1) is 11.0 Å². The monoisotopic (exact) mass is 293 g/mol. The van der Waals surface area contributed by atoms with E-state index in [0.29, 0.717) is 6.54 Å². The minimum atomic E-state index is 0.109. The molecule has 1 fully saturated rings. The number of nitrogens with two attached hydrogens (primary N) is 1. The molecule has 3 rings (SSSR count). The van der Waals surface area contributed by atoms with Gasteiger partial charge in [-0.05, 0) is 37.5 Å². The summed E-state index contributed by atoms with van der Waals surface area (Å²) in [6.07, 6.45) is 3.57. The minimum Gasteiger partial charge on any atom is -0.341 e. The van der Waals surface area contributed by atoms with Gasteiger partial charge >= 0.3 is 0 Å². The summed E-state index contributed by atoms with van der Waals surface area (Å²) in [5, 5.41) is 0. The number of hydrogen-bond acceptors (Lipinski definition) is 2. The molecule has 1 aliphatic carbocycles. The fraction of sp³-hybridized carbons (Fsp3) is 0.462. The molecule has 0 spiro atoms. The molecule has 1 saturated carbocycles. The van der Waals surface area contributed by atoms with Crippen molar-refractivity contribution in [3.63, 3.8) is 0 Å². The number of rotatable bonds is 2. The van der Waals surface area contributed by atoms with Gasteiger partial charge in [-0.15, -0.1) is 0 Å². The number of hydrogen-bond donors (Lipinski definition) is 2. The quantitative estimate of drug-likeness (QED) is 0.894. The molecule has 0 atom stereocenters. The highest BCUT2D eigenvalue weighted by Gasteiger charge is 2.40. The Bertz CT molecular complexity index is 564. The second kappa shape index (κ2) is 3.82. The number of H-pyrrole nitrogens is 1. The van der Waals surface area contributed by atoms with Crippen molar-refractivity contribution in [3.8, 4) is 0 Å². The maximum Gasteiger partial charge on any atom is 0.114 e. The normalized spacial score (nSPS) is 18.3. The van der Waals surface area contributed by atoms with Crippen LogP contribution in [-0.2, 0) is 5.41 Å². The number of nitrogens with one attached hydrogen (secondary N) is 1. The van der Waals surface area contributed by atoms with Gasteiger partial charge in [0.25, 0.3) is 0 Å². The summed E-state index contributed by atoms with van der Waals surface area (Å²) in [5.74, 6) is 1.07. The number of benzene rings is 1. The summed E-state index contributed by atoms with van der Waals surface area (Å²) in [5.41, 5.74) is 9.40. The first kappa shape index (κ1) is 11.2. The summed E-state index contributed by atoms with van der Waals surface area (Å²) >= 11 is 3.52. The van der Waals surface area contributed by atoms with E-state index in [9.17, 15) is 0 Å². The van der Waals surface area contributed by atoms with E-state index < -0.39 is 0 Å². The van der Waals surface area contributed by atoms with Gasteiger partial charge in [-0.25, -0.2) is 4.98 Å². The zero-order valence-corrected chi connectivity index (χ0v) is 11.5. The van der Waals surface area contributed by atoms with Crippen LogP contribution in [-0.4, -0.2) is 16.5 Å². The molecule has 1 aromatic carbocycles. The van der Waals surface area contributed by atoms with Crippen LogP contribution in [0.2, 0.25) is 0 Å². The molecule has 1 heterocycles. The van der Waals surface area contributed by atoms with Crippen molar-refractivity contribution in [2.75, 3.05) is 6.54 Å². The van der Waals surface area contributed by atoms with E-state index in [2.05, 4.69) is 40.0 Å². The van der Waals surface area contributed by atoms with Crippen LogP contribution in [0.15, 0.2) is 16.6 Å². The predicted molar refractivity (Wildman–Crippen MR) is 73.1 cm³/mol. The zero-order valence-electron chi connectivity index (χ0n) is 9.89. The maximum absolute atomic E-state index is 5.92. The van der Waals surface area contributed by atoms with Crippen LogP contribution in [0.4, 0.5) is 0 Å². The first-order chi connectivity index (χ1) is 8.14. The lowest BCUT2D eigenvalue weighted by Crippen LogP contribution is -2.42. The van der Waals surface area contributed by atoms with Crippen LogP contribution in [0, 0.1) is 6.92 Å². The molecule has 3 N–H and O–H groups in total. The molecule has 0 saturated heterocycles. The van der Waals surface area contributed by atoms with Gasteiger partial charge in [0.15, 0.2) is 0 Å². The van der Waals surface area contributed by atoms with Gasteiger partial charge in [-0.3, -0.25) is 0 Å². The highest BCUT2D eigenvalue weighted by molar-refractivity contribution is 9.10. The zero-order chi connectivity index (χ0) is 12.0. The molecule has 17 heavy (non-hydrogen) atoms. The van der Waals surface area contributed by atoms with Crippen molar-refractivity contribution in [2.45, 2.75) is 31.6 Å². The average Bonchev–Trinajstić information content (AvgIpc) is 2.61. The number of imidazole rings is 1. The van der Waals surface area contributed by atoms with Crippen LogP contribution in [0.3, 0.4) is 0 Å². The first-order valence-electron chi connectivity index (χ1n) is 6.01. The van der Waals surface area contributed by atoms with Gasteiger partial charge in [0.1, 0.15) is 5.82 Å². The average molecular weight is 294 g/mol. The molecule has 0 radical (unpaired) electrons. The third kappa shape index (κ3) is 1.62. The van der Waals surface area contributed by atoms with Crippen molar-refractivity contribution in [1.82, 2.24) is 9.97 Å². The number of aromatic amines is 1. The van der Waals surface area contributed by atoms with Gasteiger partial charge in [-0.2, -0.15) is 0 Å². The van der Waals surface area contributed by atoms with Crippen LogP contribution < -0.4 is 5.73 Å². The predicted octanol–water partition coefficient (Wildman–Crippen LogP) is 3.01. The Morgan fingerprint density at radius 2 is 2.24 bits per heavy atom. The number of nitrogens with zero attached hydrogens (tertiary/aromatic N) is 1. The number of aromatic nitrogens is 2. The van der Waals surface area contributed by atoms with E-state index in [1.165, 1.54) is 12.0 Å². The standard InChI is InChI=1S/C13H16BrN3/c1-8-5-9(14)6-10-11(8)17-12(16-10)13(7-15)3-2-4-13/h5-6H,2-4,7,15H2,1H3,(H,16,17). The van der Waals surface area contributed by atoms with E-state index in [0.717, 1.165) is 34.2 Å². The Hall–Kier alpha value is -0.870. The van der Waals surface area contributed by atoms with Gasteiger partial charge in [0, 0.05) is 16.4 Å². The van der Waals surface area contributed by atoms with Gasteiger partial charge < -0.3 is 10.7 Å². The summed E-state index contributed by atoms with van der Waals surface area (Å²) in [6.45, 7) is 2.78. The number of halogens is 1. The molecule has 1 aliphatic rings. The largest absolute Gasteiger partial charge is 0.341 e. The SMILES string of the molecule is Cc1cc(Br)cc2[nH]c(C3(CN)CCC3)nc12. The van der Waals surface area contributed by atoms with Crippen LogP contribution >= 0.6 is 15.9 Å². The van der Waals surface area contributed by atoms with Crippen molar-refractivity contribution < 1.29 is 0 Å². The highest BCUT2D eigenvalue weighted by atomic mass is 79.9. The van der Waals surface area contributed by atoms with Gasteiger partial charge in [0.2, 0.25) is 0 Å². The van der Waals surface area contributed by atoms with E-state index in [-0.39, 0.29) is 5.41 Å². The molecule has 1 aromatic heterocycles. The third-order valence-electron chi connectivity index (χ3n) is 3.95. The molecule has 90 valence electrons. The molecule has 2 aromatic rings. The van der Waals surface area contributed by atoms with E-state index in [1.807, 2.05) is 0 Å². The maximum atomic E-state index is 5.92. The molecular weight excluding hydrogens is 278 g/mol. The third-order valence-corrected chi connectivity index (χ3v) is 4.40. The lowest BCUT2D eigenvalue weighted by molar-refractivity contribution is 0.240. The fourth-order valence-electron chi connectivity index (χ4n) is 2.64. The van der Waals surface area contributed by atoms with E-state index in [4.69, 9.17) is 10.7 Å². The lowest BCUT2D eigenvalue weighted by atomic mass is 9.68. The Labute approximate surface area is 109 Å². The van der Waals surface area contributed by atoms with Crippen molar-refractivity contribution in [2.24, 2.45) is 5.73 Å². The smallest absolute Gasteiger partial charge is 0.114 e. The lowest BCUT2D eigenvalue weighted by Gasteiger charge is -2.38. The topological polar surface area (TPSA) is 54.7 Å². The summed E-state index contributed by atoms with van der Waals surface area (Å²) in [4.78, 5) is 8.21. The molecule has 0 unspecified atom stereocenters. The first-order valence-corrected chi connectivity index (χ1v) is 6.80. The fourth-order valence-corrected chi connectivity index (χ4v) is 3.21. The van der Waals surface area contributed by atoms with Crippen molar-refractivity contribution >= 4 is 27.0 Å².